The molecule has 1 aromatic heterocycles. The molecule has 1 aliphatic rings. The van der Waals surface area contributed by atoms with Crippen LogP contribution in [-0.2, 0) is 36.3 Å². The van der Waals surface area contributed by atoms with Gasteiger partial charge in [-0.3, -0.25) is 9.09 Å². The van der Waals surface area contributed by atoms with Crippen LogP contribution in [0.2, 0.25) is 0 Å². The Hall–Kier alpha value is -1.25. The highest BCUT2D eigenvalue weighted by atomic mass is 31.3. The van der Waals surface area contributed by atoms with E-state index >= 15 is 0 Å². The van der Waals surface area contributed by atoms with Crippen molar-refractivity contribution in [3.8, 4) is 0 Å². The maximum Gasteiger partial charge on any atom is 0.490 e. The van der Waals surface area contributed by atoms with Crippen LogP contribution in [0, 0.1) is 0 Å². The Kier molecular flexibility index (Phi) is 8.50. The Morgan fingerprint density at radius 2 is 1.94 bits per heavy atom. The standard InChI is InChI=1S/C12H20N3O13P3/c1-2-5-24-8-6-11(15-4-3-10(13)14-12(15)16)26-9(8)7-25-30(20,21)28-31(22,23)27-29(17,18)19/h2-4,8-9,11H,1,5-7H2,(H,20,21)(H,22,23)(H2,13,14,16)(H2,17,18,19)/t8?,9-,11-/m1/s1. The van der Waals surface area contributed by atoms with Crippen LogP contribution in [0.1, 0.15) is 12.6 Å². The number of anilines is 1. The zero-order valence-electron chi connectivity index (χ0n) is 15.6. The van der Waals surface area contributed by atoms with E-state index in [9.17, 15) is 28.3 Å². The Morgan fingerprint density at radius 3 is 2.52 bits per heavy atom. The van der Waals surface area contributed by atoms with Crippen molar-refractivity contribution in [1.29, 1.82) is 0 Å². The summed E-state index contributed by atoms with van der Waals surface area (Å²) in [5.41, 5.74) is 4.71. The Labute approximate surface area is 174 Å². The van der Waals surface area contributed by atoms with E-state index in [4.69, 9.17) is 25.0 Å². The fourth-order valence-electron chi connectivity index (χ4n) is 2.50. The molecule has 0 aliphatic carbocycles. The summed E-state index contributed by atoms with van der Waals surface area (Å²) in [4.78, 5) is 51.4. The number of hydrogen-bond donors (Lipinski definition) is 5. The molecule has 0 saturated carbocycles. The van der Waals surface area contributed by atoms with Gasteiger partial charge in [0.25, 0.3) is 0 Å². The van der Waals surface area contributed by atoms with Gasteiger partial charge in [-0.25, -0.2) is 18.5 Å². The average molecular weight is 507 g/mol. The summed E-state index contributed by atoms with van der Waals surface area (Å²) < 4.78 is 58.0. The second kappa shape index (κ2) is 10.1. The predicted molar refractivity (Wildman–Crippen MR) is 101 cm³/mol. The van der Waals surface area contributed by atoms with Gasteiger partial charge < -0.3 is 34.8 Å². The van der Waals surface area contributed by atoms with E-state index in [1.807, 2.05) is 0 Å². The fraction of sp³-hybridized carbons (Fsp3) is 0.500. The van der Waals surface area contributed by atoms with E-state index < -0.39 is 54.2 Å². The summed E-state index contributed by atoms with van der Waals surface area (Å²) in [5.74, 6) is -0.0112. The first-order valence-electron chi connectivity index (χ1n) is 8.22. The Morgan fingerprint density at radius 1 is 1.26 bits per heavy atom. The Balaban J connectivity index is 2.09. The summed E-state index contributed by atoms with van der Waals surface area (Å²) in [6.45, 7) is 2.81. The smallest absolute Gasteiger partial charge is 0.383 e. The average Bonchev–Trinajstić information content (AvgIpc) is 2.97. The molecule has 0 amide bonds. The molecule has 19 heteroatoms. The molecule has 6 N–H and O–H groups in total. The van der Waals surface area contributed by atoms with Gasteiger partial charge in [0.2, 0.25) is 0 Å². The highest BCUT2D eigenvalue weighted by Gasteiger charge is 2.43. The summed E-state index contributed by atoms with van der Waals surface area (Å²) in [6.07, 6.45) is 0.0712. The van der Waals surface area contributed by atoms with E-state index in [-0.39, 0.29) is 18.8 Å². The van der Waals surface area contributed by atoms with Crippen molar-refractivity contribution < 1.29 is 55.9 Å². The zero-order chi connectivity index (χ0) is 23.4. The van der Waals surface area contributed by atoms with Crippen LogP contribution in [-0.4, -0.2) is 54.5 Å². The minimum Gasteiger partial charge on any atom is -0.383 e. The lowest BCUT2D eigenvalue weighted by molar-refractivity contribution is -0.0570. The summed E-state index contributed by atoms with van der Waals surface area (Å²) in [6, 6.07) is 1.35. The summed E-state index contributed by atoms with van der Waals surface area (Å²) in [7, 11) is -16.5. The Bertz CT molecular complexity index is 993. The van der Waals surface area contributed by atoms with E-state index in [2.05, 4.69) is 24.7 Å². The first-order valence-corrected chi connectivity index (χ1v) is 12.7. The lowest BCUT2D eigenvalue weighted by Crippen LogP contribution is -2.29. The summed E-state index contributed by atoms with van der Waals surface area (Å²) >= 11 is 0. The lowest BCUT2D eigenvalue weighted by atomic mass is 10.2. The van der Waals surface area contributed by atoms with E-state index in [1.165, 1.54) is 18.3 Å². The molecule has 31 heavy (non-hydrogen) atoms. The highest BCUT2D eigenvalue weighted by molar-refractivity contribution is 7.66. The first-order chi connectivity index (χ1) is 14.2. The third-order valence-corrected chi connectivity index (χ3v) is 7.39. The van der Waals surface area contributed by atoms with E-state index in [1.54, 1.807) is 0 Å². The third-order valence-electron chi connectivity index (χ3n) is 3.59. The lowest BCUT2D eigenvalue weighted by Gasteiger charge is -2.21. The van der Waals surface area contributed by atoms with Crippen molar-refractivity contribution in [2.45, 2.75) is 24.9 Å². The zero-order valence-corrected chi connectivity index (χ0v) is 18.3. The second-order valence-corrected chi connectivity index (χ2v) is 10.4. The van der Waals surface area contributed by atoms with Crippen molar-refractivity contribution in [2.24, 2.45) is 0 Å². The second-order valence-electron chi connectivity index (χ2n) is 5.95. The minimum absolute atomic E-state index is 0.0112. The van der Waals surface area contributed by atoms with Crippen molar-refractivity contribution in [3.63, 3.8) is 0 Å². The number of nitrogens with zero attached hydrogens (tertiary/aromatic N) is 2. The first kappa shape index (κ1) is 26.0. The van der Waals surface area contributed by atoms with Gasteiger partial charge in [-0.15, -0.1) is 6.58 Å². The van der Waals surface area contributed by atoms with Gasteiger partial charge in [0.15, 0.2) is 0 Å². The number of nitrogens with two attached hydrogens (primary N) is 1. The molecule has 0 bridgehead atoms. The molecule has 5 atom stereocenters. The molecule has 1 aliphatic heterocycles. The van der Waals surface area contributed by atoms with Crippen molar-refractivity contribution in [3.05, 3.63) is 35.4 Å². The predicted octanol–water partition coefficient (Wildman–Crippen LogP) is 0.0275. The molecular formula is C12H20N3O13P3. The van der Waals surface area contributed by atoms with Gasteiger partial charge in [-0.1, -0.05) is 6.08 Å². The largest absolute Gasteiger partial charge is 0.490 e. The van der Waals surface area contributed by atoms with Crippen LogP contribution in [0.25, 0.3) is 0 Å². The van der Waals surface area contributed by atoms with Crippen molar-refractivity contribution in [1.82, 2.24) is 9.55 Å². The topological polar surface area (TPSA) is 239 Å². The maximum absolute atomic E-state index is 12.0. The molecule has 3 unspecified atom stereocenters. The number of hydrogen-bond acceptors (Lipinski definition) is 11. The van der Waals surface area contributed by atoms with Crippen LogP contribution >= 0.6 is 23.5 Å². The number of aromatic nitrogens is 2. The molecule has 1 aromatic rings. The van der Waals surface area contributed by atoms with Crippen LogP contribution in [0.3, 0.4) is 0 Å². The SMILES string of the molecule is C=CCOC1C[C@H](n2ccc(N)nc2=O)O[C@@H]1COP(=O)(O)OP(=O)(O)OP(=O)(O)O. The normalized spacial score (nSPS) is 25.6. The van der Waals surface area contributed by atoms with Crippen molar-refractivity contribution >= 4 is 29.3 Å². The molecule has 0 aromatic carbocycles. The quantitative estimate of drug-likeness (QED) is 0.196. The van der Waals surface area contributed by atoms with Crippen LogP contribution in [0.15, 0.2) is 29.7 Å². The van der Waals surface area contributed by atoms with E-state index in [0.717, 1.165) is 4.57 Å². The van der Waals surface area contributed by atoms with Gasteiger partial charge in [-0.05, 0) is 6.07 Å². The maximum atomic E-state index is 12.0. The number of ether oxygens (including phenoxy) is 2. The van der Waals surface area contributed by atoms with Gasteiger partial charge in [0.05, 0.1) is 19.3 Å². The molecule has 1 fully saturated rings. The molecular weight excluding hydrogens is 487 g/mol. The van der Waals surface area contributed by atoms with Gasteiger partial charge >= 0.3 is 29.2 Å². The van der Waals surface area contributed by atoms with Gasteiger partial charge in [-0.2, -0.15) is 13.6 Å². The van der Waals surface area contributed by atoms with Crippen molar-refractivity contribution in [2.75, 3.05) is 18.9 Å². The molecule has 0 radical (unpaired) electrons. The molecule has 2 rings (SSSR count). The number of phosphoric acid groups is 3. The van der Waals surface area contributed by atoms with Gasteiger partial charge in [0, 0.05) is 12.6 Å². The molecule has 16 nitrogen and oxygen atoms in total. The highest BCUT2D eigenvalue weighted by Crippen LogP contribution is 2.66. The third kappa shape index (κ3) is 8.31. The van der Waals surface area contributed by atoms with Crippen LogP contribution in [0.4, 0.5) is 5.82 Å². The minimum atomic E-state index is -5.65. The van der Waals surface area contributed by atoms with Gasteiger partial charge in [0.1, 0.15) is 18.1 Å². The van der Waals surface area contributed by atoms with E-state index in [0.29, 0.717) is 0 Å². The number of phosphoric ester groups is 1. The summed E-state index contributed by atoms with van der Waals surface area (Å²) in [5, 5.41) is 0. The van der Waals surface area contributed by atoms with Crippen LogP contribution < -0.4 is 11.4 Å². The molecule has 0 spiro atoms. The fourth-order valence-corrected chi connectivity index (χ4v) is 5.53. The number of nitrogen functional groups attached to an aromatic ring is 1. The molecule has 1 saturated heterocycles. The monoisotopic (exact) mass is 507 g/mol. The van der Waals surface area contributed by atoms with Crippen LogP contribution in [0.5, 0.6) is 0 Å². The molecule has 2 heterocycles. The molecule has 176 valence electrons. The number of rotatable bonds is 11.